The average Bonchev–Trinajstić information content (AvgIpc) is 2.08. The molecule has 1 saturated heterocycles. The van der Waals surface area contributed by atoms with E-state index in [9.17, 15) is 9.59 Å². The summed E-state index contributed by atoms with van der Waals surface area (Å²) in [5, 5.41) is 0. The fourth-order valence-electron chi connectivity index (χ4n) is 1.51. The highest BCUT2D eigenvalue weighted by Crippen LogP contribution is 2.23. The highest BCUT2D eigenvalue weighted by atomic mass is 16.7. The van der Waals surface area contributed by atoms with Crippen LogP contribution in [0.3, 0.4) is 0 Å². The summed E-state index contributed by atoms with van der Waals surface area (Å²) < 4.78 is 15.3. The quantitative estimate of drug-likeness (QED) is 0.644. The van der Waals surface area contributed by atoms with Crippen molar-refractivity contribution in [2.24, 2.45) is 0 Å². The van der Waals surface area contributed by atoms with Crippen LogP contribution in [-0.4, -0.2) is 30.4 Å². The van der Waals surface area contributed by atoms with E-state index in [-0.39, 0.29) is 6.10 Å². The Bertz CT molecular complexity index is 250. The monoisotopic (exact) mass is 216 g/mol. The highest BCUT2D eigenvalue weighted by molar-refractivity contribution is 5.67. The fourth-order valence-corrected chi connectivity index (χ4v) is 1.51. The minimum Gasteiger partial charge on any atom is -0.456 e. The molecule has 0 bridgehead atoms. The lowest BCUT2D eigenvalue weighted by Crippen LogP contribution is -2.42. The molecule has 0 aromatic rings. The summed E-state index contributed by atoms with van der Waals surface area (Å²) in [5.41, 5.74) is 0. The van der Waals surface area contributed by atoms with Crippen LogP contribution in [0.1, 0.15) is 33.6 Å². The first-order chi connectivity index (χ1) is 6.99. The Hall–Kier alpha value is -1.10. The summed E-state index contributed by atoms with van der Waals surface area (Å²) in [6, 6.07) is 0. The summed E-state index contributed by atoms with van der Waals surface area (Å²) in [5.74, 6) is -0.832. The first-order valence-corrected chi connectivity index (χ1v) is 4.99. The van der Waals surface area contributed by atoms with Gasteiger partial charge in [-0.1, -0.05) is 0 Å². The van der Waals surface area contributed by atoms with E-state index in [1.54, 1.807) is 0 Å². The summed E-state index contributed by atoms with van der Waals surface area (Å²) in [7, 11) is 0. The van der Waals surface area contributed by atoms with Gasteiger partial charge in [-0.05, 0) is 19.8 Å². The number of carbonyl (C=O) groups excluding carboxylic acids is 2. The molecule has 1 fully saturated rings. The Morgan fingerprint density at radius 2 is 1.73 bits per heavy atom. The molecule has 0 radical (unpaired) electrons. The van der Waals surface area contributed by atoms with Gasteiger partial charge in [-0.15, -0.1) is 0 Å². The van der Waals surface area contributed by atoms with Crippen LogP contribution in [0.25, 0.3) is 0 Å². The van der Waals surface area contributed by atoms with Crippen LogP contribution in [0.2, 0.25) is 0 Å². The maximum absolute atomic E-state index is 10.8. The van der Waals surface area contributed by atoms with Gasteiger partial charge >= 0.3 is 11.9 Å². The number of hydrogen-bond donors (Lipinski definition) is 0. The standard InChI is InChI=1S/C10H16O5/c1-6-4-5-9(14-7(2)11)10(13-6)15-8(3)12/h6,9-10H,4-5H2,1-3H3/t6-,9?,10?/m0/s1. The summed E-state index contributed by atoms with van der Waals surface area (Å²) in [4.78, 5) is 21.6. The van der Waals surface area contributed by atoms with Gasteiger partial charge in [0, 0.05) is 13.8 Å². The third-order valence-electron chi connectivity index (χ3n) is 2.13. The molecule has 0 N–H and O–H groups in total. The van der Waals surface area contributed by atoms with Crippen molar-refractivity contribution in [2.75, 3.05) is 0 Å². The molecule has 15 heavy (non-hydrogen) atoms. The molecule has 3 atom stereocenters. The van der Waals surface area contributed by atoms with Gasteiger partial charge in [0.05, 0.1) is 6.10 Å². The molecule has 0 amide bonds. The maximum Gasteiger partial charge on any atom is 0.305 e. The number of rotatable bonds is 2. The lowest BCUT2D eigenvalue weighted by atomic mass is 10.1. The second-order valence-corrected chi connectivity index (χ2v) is 3.65. The molecule has 2 unspecified atom stereocenters. The van der Waals surface area contributed by atoms with Crippen molar-refractivity contribution in [2.45, 2.75) is 52.1 Å². The van der Waals surface area contributed by atoms with E-state index in [0.717, 1.165) is 6.42 Å². The smallest absolute Gasteiger partial charge is 0.305 e. The minimum absolute atomic E-state index is 0.0150. The van der Waals surface area contributed by atoms with E-state index in [4.69, 9.17) is 14.2 Å². The molecule has 1 rings (SSSR count). The maximum atomic E-state index is 10.8. The molecule has 1 aliphatic heterocycles. The van der Waals surface area contributed by atoms with E-state index >= 15 is 0 Å². The summed E-state index contributed by atoms with van der Waals surface area (Å²) >= 11 is 0. The van der Waals surface area contributed by atoms with Crippen LogP contribution in [-0.2, 0) is 23.8 Å². The minimum atomic E-state index is -0.768. The molecule has 86 valence electrons. The van der Waals surface area contributed by atoms with Crippen molar-refractivity contribution < 1.29 is 23.8 Å². The predicted octanol–water partition coefficient (Wildman–Crippen LogP) is 1.01. The third kappa shape index (κ3) is 3.87. The second-order valence-electron chi connectivity index (χ2n) is 3.65. The van der Waals surface area contributed by atoms with Crippen LogP contribution in [0, 0.1) is 0 Å². The Morgan fingerprint density at radius 3 is 2.27 bits per heavy atom. The Kier molecular flexibility index (Phi) is 4.08. The van der Waals surface area contributed by atoms with Crippen LogP contribution >= 0.6 is 0 Å². The normalized spacial score (nSPS) is 30.7. The van der Waals surface area contributed by atoms with E-state index in [0.29, 0.717) is 6.42 Å². The van der Waals surface area contributed by atoms with Gasteiger partial charge in [-0.3, -0.25) is 9.59 Å². The molecule has 0 saturated carbocycles. The SMILES string of the molecule is CC(=O)OC1CC[C@H](C)OC1OC(C)=O. The molecule has 0 aromatic heterocycles. The summed E-state index contributed by atoms with van der Waals surface area (Å²) in [6.45, 7) is 4.51. The van der Waals surface area contributed by atoms with Crippen molar-refractivity contribution >= 4 is 11.9 Å². The molecule has 1 heterocycles. The fraction of sp³-hybridized carbons (Fsp3) is 0.800. The van der Waals surface area contributed by atoms with E-state index < -0.39 is 24.3 Å². The Balaban J connectivity index is 2.57. The number of ether oxygens (including phenoxy) is 3. The van der Waals surface area contributed by atoms with Crippen LogP contribution in [0.5, 0.6) is 0 Å². The van der Waals surface area contributed by atoms with Crippen molar-refractivity contribution in [3.8, 4) is 0 Å². The first kappa shape index (κ1) is 12.0. The number of esters is 2. The number of hydrogen-bond acceptors (Lipinski definition) is 5. The van der Waals surface area contributed by atoms with Gasteiger partial charge in [0.15, 0.2) is 6.10 Å². The van der Waals surface area contributed by atoms with E-state index in [1.165, 1.54) is 13.8 Å². The Morgan fingerprint density at radius 1 is 1.13 bits per heavy atom. The molecule has 5 heteroatoms. The van der Waals surface area contributed by atoms with Gasteiger partial charge in [0.2, 0.25) is 6.29 Å². The van der Waals surface area contributed by atoms with Crippen molar-refractivity contribution in [1.82, 2.24) is 0 Å². The number of carbonyl (C=O) groups is 2. The molecule has 0 spiro atoms. The van der Waals surface area contributed by atoms with Gasteiger partial charge in [0.1, 0.15) is 0 Å². The Labute approximate surface area is 88.7 Å². The molecule has 1 aliphatic rings. The molecule has 0 aromatic carbocycles. The van der Waals surface area contributed by atoms with Crippen molar-refractivity contribution in [3.05, 3.63) is 0 Å². The predicted molar refractivity (Wildman–Crippen MR) is 50.9 cm³/mol. The van der Waals surface area contributed by atoms with Crippen LogP contribution in [0.15, 0.2) is 0 Å². The molecular formula is C10H16O5. The van der Waals surface area contributed by atoms with Gasteiger partial charge in [-0.2, -0.15) is 0 Å². The molecule has 0 aliphatic carbocycles. The second kappa shape index (κ2) is 5.11. The van der Waals surface area contributed by atoms with E-state index in [2.05, 4.69) is 0 Å². The first-order valence-electron chi connectivity index (χ1n) is 4.99. The average molecular weight is 216 g/mol. The van der Waals surface area contributed by atoms with Gasteiger partial charge in [0.25, 0.3) is 0 Å². The van der Waals surface area contributed by atoms with Crippen molar-refractivity contribution in [1.29, 1.82) is 0 Å². The van der Waals surface area contributed by atoms with Crippen LogP contribution < -0.4 is 0 Å². The molecular weight excluding hydrogens is 200 g/mol. The highest BCUT2D eigenvalue weighted by Gasteiger charge is 2.33. The molecule has 5 nitrogen and oxygen atoms in total. The topological polar surface area (TPSA) is 61.8 Å². The van der Waals surface area contributed by atoms with Crippen LogP contribution in [0.4, 0.5) is 0 Å². The zero-order valence-corrected chi connectivity index (χ0v) is 9.19. The van der Waals surface area contributed by atoms with Gasteiger partial charge in [-0.25, -0.2) is 0 Å². The van der Waals surface area contributed by atoms with Gasteiger partial charge < -0.3 is 14.2 Å². The van der Waals surface area contributed by atoms with E-state index in [1.807, 2.05) is 6.92 Å². The zero-order valence-electron chi connectivity index (χ0n) is 9.19. The summed E-state index contributed by atoms with van der Waals surface area (Å²) in [6.07, 6.45) is 0.202. The van der Waals surface area contributed by atoms with Crippen molar-refractivity contribution in [3.63, 3.8) is 0 Å². The third-order valence-corrected chi connectivity index (χ3v) is 2.13. The lowest BCUT2D eigenvalue weighted by Gasteiger charge is -2.33. The largest absolute Gasteiger partial charge is 0.456 e. The zero-order chi connectivity index (χ0) is 11.4. The lowest BCUT2D eigenvalue weighted by molar-refractivity contribution is -0.238.